The van der Waals surface area contributed by atoms with Crippen LogP contribution in [-0.2, 0) is 11.2 Å². The van der Waals surface area contributed by atoms with E-state index in [4.69, 9.17) is 5.26 Å². The highest BCUT2D eigenvalue weighted by Gasteiger charge is 2.20. The first-order valence-corrected chi connectivity index (χ1v) is 4.04. The summed E-state index contributed by atoms with van der Waals surface area (Å²) in [5.74, 6) is -0.0305. The number of nitriles is 1. The number of nitrogens with one attached hydrogen (secondary N) is 1. The van der Waals surface area contributed by atoms with E-state index >= 15 is 0 Å². The smallest absolute Gasteiger partial charge is 0.228 e. The zero-order valence-electron chi connectivity index (χ0n) is 7.22. The Morgan fingerprint density at radius 2 is 2.31 bits per heavy atom. The Bertz CT molecular complexity index is 429. The molecular weight excluding hydrogens is 164 g/mol. The molecule has 3 heteroatoms. The van der Waals surface area contributed by atoms with Crippen LogP contribution in [0.4, 0.5) is 5.69 Å². The molecule has 64 valence electrons. The molecule has 1 aromatic rings. The topological polar surface area (TPSA) is 52.9 Å². The van der Waals surface area contributed by atoms with Crippen LogP contribution in [0.5, 0.6) is 0 Å². The Morgan fingerprint density at radius 3 is 3.00 bits per heavy atom. The molecular formula is C10H8N2O. The summed E-state index contributed by atoms with van der Waals surface area (Å²) in [6.45, 7) is 1.91. The average molecular weight is 172 g/mol. The van der Waals surface area contributed by atoms with Crippen LogP contribution in [0.2, 0.25) is 0 Å². The number of aryl methyl sites for hydroxylation is 1. The van der Waals surface area contributed by atoms with Crippen molar-refractivity contribution in [3.8, 4) is 6.07 Å². The van der Waals surface area contributed by atoms with E-state index < -0.39 is 0 Å². The third-order valence-electron chi connectivity index (χ3n) is 2.13. The van der Waals surface area contributed by atoms with Crippen molar-refractivity contribution in [1.82, 2.24) is 0 Å². The van der Waals surface area contributed by atoms with Gasteiger partial charge in [0.15, 0.2) is 0 Å². The molecule has 0 saturated carbocycles. The van der Waals surface area contributed by atoms with E-state index in [1.807, 2.05) is 13.0 Å². The van der Waals surface area contributed by atoms with E-state index in [0.29, 0.717) is 12.0 Å². The molecule has 13 heavy (non-hydrogen) atoms. The second-order valence-corrected chi connectivity index (χ2v) is 3.18. The van der Waals surface area contributed by atoms with Crippen LogP contribution >= 0.6 is 0 Å². The second-order valence-electron chi connectivity index (χ2n) is 3.18. The molecule has 1 aliphatic rings. The molecule has 0 bridgehead atoms. The third kappa shape index (κ3) is 1.17. The maximum absolute atomic E-state index is 11.1. The van der Waals surface area contributed by atoms with Crippen LogP contribution in [-0.4, -0.2) is 5.91 Å². The molecule has 3 nitrogen and oxygen atoms in total. The zero-order chi connectivity index (χ0) is 9.42. The number of carbonyl (C=O) groups is 1. The van der Waals surface area contributed by atoms with Gasteiger partial charge in [-0.2, -0.15) is 5.26 Å². The number of amides is 1. The van der Waals surface area contributed by atoms with E-state index in [-0.39, 0.29) is 5.91 Å². The van der Waals surface area contributed by atoms with Gasteiger partial charge in [0.25, 0.3) is 0 Å². The summed E-state index contributed by atoms with van der Waals surface area (Å²) in [7, 11) is 0. The van der Waals surface area contributed by atoms with Gasteiger partial charge in [-0.1, -0.05) is 0 Å². The number of nitrogens with zero attached hydrogens (tertiary/aromatic N) is 1. The monoisotopic (exact) mass is 172 g/mol. The van der Waals surface area contributed by atoms with Crippen LogP contribution in [0.15, 0.2) is 12.1 Å². The van der Waals surface area contributed by atoms with Crippen molar-refractivity contribution in [2.75, 3.05) is 5.32 Å². The van der Waals surface area contributed by atoms with Crippen molar-refractivity contribution >= 4 is 11.6 Å². The summed E-state index contributed by atoms with van der Waals surface area (Å²) in [5.41, 5.74) is 3.23. The summed E-state index contributed by atoms with van der Waals surface area (Å²) < 4.78 is 0. The third-order valence-corrected chi connectivity index (χ3v) is 2.13. The van der Waals surface area contributed by atoms with Crippen molar-refractivity contribution in [3.05, 3.63) is 28.8 Å². The minimum absolute atomic E-state index is 0.0305. The van der Waals surface area contributed by atoms with E-state index in [9.17, 15) is 4.79 Å². The second kappa shape index (κ2) is 2.60. The molecule has 0 atom stereocenters. The summed E-state index contributed by atoms with van der Waals surface area (Å²) >= 11 is 0. The number of rotatable bonds is 0. The molecule has 1 aromatic carbocycles. The normalized spacial score (nSPS) is 13.4. The van der Waals surface area contributed by atoms with Crippen LogP contribution < -0.4 is 5.32 Å². The van der Waals surface area contributed by atoms with E-state index in [1.165, 1.54) is 0 Å². The van der Waals surface area contributed by atoms with Crippen LogP contribution in [0.1, 0.15) is 16.7 Å². The van der Waals surface area contributed by atoms with Crippen LogP contribution in [0, 0.1) is 18.3 Å². The number of fused-ring (bicyclic) bond motifs is 1. The lowest BCUT2D eigenvalue weighted by Crippen LogP contribution is -2.03. The van der Waals surface area contributed by atoms with E-state index in [2.05, 4.69) is 11.4 Å². The number of anilines is 1. The van der Waals surface area contributed by atoms with Gasteiger partial charge in [-0.3, -0.25) is 4.79 Å². The lowest BCUT2D eigenvalue weighted by atomic mass is 10.0. The lowest BCUT2D eigenvalue weighted by Gasteiger charge is -2.01. The SMILES string of the molecule is Cc1cc(C#N)c2c(c1)NC(=O)C2. The average Bonchev–Trinajstić information content (AvgIpc) is 2.43. The van der Waals surface area contributed by atoms with Crippen LogP contribution in [0.3, 0.4) is 0 Å². The molecule has 1 aliphatic heterocycles. The molecule has 0 radical (unpaired) electrons. The summed E-state index contributed by atoms with van der Waals surface area (Å²) in [6.07, 6.45) is 0.332. The Kier molecular flexibility index (Phi) is 1.56. The number of hydrogen-bond acceptors (Lipinski definition) is 2. The number of benzene rings is 1. The Balaban J connectivity index is 2.64. The Labute approximate surface area is 76.0 Å². The van der Waals surface area contributed by atoms with Gasteiger partial charge in [0, 0.05) is 11.3 Å². The largest absolute Gasteiger partial charge is 0.325 e. The zero-order valence-corrected chi connectivity index (χ0v) is 7.22. The van der Waals surface area contributed by atoms with Gasteiger partial charge in [0.2, 0.25) is 5.91 Å². The highest BCUT2D eigenvalue weighted by atomic mass is 16.1. The molecule has 0 aliphatic carbocycles. The molecule has 0 unspecified atom stereocenters. The van der Waals surface area contributed by atoms with Crippen molar-refractivity contribution in [2.45, 2.75) is 13.3 Å². The molecule has 0 saturated heterocycles. The van der Waals surface area contributed by atoms with Gasteiger partial charge in [-0.15, -0.1) is 0 Å². The first kappa shape index (κ1) is 7.81. The van der Waals surface area contributed by atoms with Gasteiger partial charge in [-0.25, -0.2) is 0 Å². The first-order chi connectivity index (χ1) is 6.20. The number of hydrogen-bond donors (Lipinski definition) is 1. The minimum atomic E-state index is -0.0305. The van der Waals surface area contributed by atoms with E-state index in [0.717, 1.165) is 16.8 Å². The summed E-state index contributed by atoms with van der Waals surface area (Å²) in [5, 5.41) is 11.5. The van der Waals surface area contributed by atoms with Gasteiger partial charge in [0.1, 0.15) is 0 Å². The fourth-order valence-corrected chi connectivity index (χ4v) is 1.57. The molecule has 0 aromatic heterocycles. The van der Waals surface area contributed by atoms with Crippen molar-refractivity contribution in [2.24, 2.45) is 0 Å². The molecule has 0 fully saturated rings. The van der Waals surface area contributed by atoms with Gasteiger partial charge >= 0.3 is 0 Å². The predicted molar refractivity (Wildman–Crippen MR) is 48.2 cm³/mol. The number of carbonyl (C=O) groups excluding carboxylic acids is 1. The van der Waals surface area contributed by atoms with Crippen molar-refractivity contribution < 1.29 is 4.79 Å². The molecule has 1 N–H and O–H groups in total. The van der Waals surface area contributed by atoms with Gasteiger partial charge in [0.05, 0.1) is 18.1 Å². The highest BCUT2D eigenvalue weighted by molar-refractivity contribution is 6.00. The maximum atomic E-state index is 11.1. The molecule has 0 spiro atoms. The Hall–Kier alpha value is -1.82. The predicted octanol–water partition coefficient (Wildman–Crippen LogP) is 1.36. The quantitative estimate of drug-likeness (QED) is 0.642. The molecule has 1 heterocycles. The molecule has 1 amide bonds. The van der Waals surface area contributed by atoms with Crippen molar-refractivity contribution in [3.63, 3.8) is 0 Å². The Morgan fingerprint density at radius 1 is 1.54 bits per heavy atom. The van der Waals surface area contributed by atoms with Crippen molar-refractivity contribution in [1.29, 1.82) is 5.26 Å². The maximum Gasteiger partial charge on any atom is 0.228 e. The van der Waals surface area contributed by atoms with Crippen LogP contribution in [0.25, 0.3) is 0 Å². The van der Waals surface area contributed by atoms with Gasteiger partial charge < -0.3 is 5.32 Å². The summed E-state index contributed by atoms with van der Waals surface area (Å²) in [6, 6.07) is 5.79. The van der Waals surface area contributed by atoms with E-state index in [1.54, 1.807) is 6.07 Å². The first-order valence-electron chi connectivity index (χ1n) is 4.04. The molecule has 2 rings (SSSR count). The highest BCUT2D eigenvalue weighted by Crippen LogP contribution is 2.27. The fraction of sp³-hybridized carbons (Fsp3) is 0.200. The fourth-order valence-electron chi connectivity index (χ4n) is 1.57. The standard InChI is InChI=1S/C10H8N2O/c1-6-2-7(5-11)8-4-10(13)12-9(8)3-6/h2-3H,4H2,1H3,(H,12,13). The summed E-state index contributed by atoms with van der Waals surface area (Å²) in [4.78, 5) is 11.1. The minimum Gasteiger partial charge on any atom is -0.325 e. The van der Waals surface area contributed by atoms with Gasteiger partial charge in [-0.05, 0) is 24.6 Å². The lowest BCUT2D eigenvalue weighted by molar-refractivity contribution is -0.115.